The minimum absolute atomic E-state index is 0.171. The van der Waals surface area contributed by atoms with Crippen molar-refractivity contribution in [2.75, 3.05) is 13.6 Å². The fourth-order valence-electron chi connectivity index (χ4n) is 1.23. The third kappa shape index (κ3) is 3.26. The highest BCUT2D eigenvalue weighted by molar-refractivity contribution is 5.82. The van der Waals surface area contributed by atoms with Gasteiger partial charge in [0.05, 0.1) is 13.0 Å². The van der Waals surface area contributed by atoms with Gasteiger partial charge in [-0.15, -0.1) is 0 Å². The smallest absolute Gasteiger partial charge is 0.152 e. The molecule has 0 aliphatic heterocycles. The predicted molar refractivity (Wildman–Crippen MR) is 56.3 cm³/mol. The van der Waals surface area contributed by atoms with E-state index in [9.17, 15) is 4.79 Å². The lowest BCUT2D eigenvalue weighted by molar-refractivity contribution is -0.117. The molecule has 0 unspecified atom stereocenters. The fraction of sp³-hybridized carbons (Fsp3) is 0.455. The predicted octanol–water partition coefficient (Wildman–Crippen LogP) is 0.975. The molecule has 1 heterocycles. The third-order valence-corrected chi connectivity index (χ3v) is 2.05. The topological polar surface area (TPSA) is 42.0 Å². The second-order valence-electron chi connectivity index (χ2n) is 3.26. The number of pyridine rings is 1. The molecule has 3 nitrogen and oxygen atoms in total. The zero-order valence-corrected chi connectivity index (χ0v) is 8.71. The van der Waals surface area contributed by atoms with Crippen LogP contribution in [0.2, 0.25) is 0 Å². The molecule has 0 aliphatic carbocycles. The number of Topliss-reactive ketones (excluding diaryl/α,β-unsaturated/α-hetero) is 1. The van der Waals surface area contributed by atoms with Crippen molar-refractivity contribution in [3.05, 3.63) is 29.6 Å². The first kappa shape index (κ1) is 10.9. The monoisotopic (exact) mass is 192 g/mol. The highest BCUT2D eigenvalue weighted by Gasteiger charge is 2.02. The van der Waals surface area contributed by atoms with Gasteiger partial charge in [0.1, 0.15) is 0 Å². The highest BCUT2D eigenvalue weighted by atomic mass is 16.1. The van der Waals surface area contributed by atoms with Crippen molar-refractivity contribution < 1.29 is 4.79 Å². The van der Waals surface area contributed by atoms with E-state index in [0.717, 1.165) is 12.1 Å². The van der Waals surface area contributed by atoms with Crippen LogP contribution in [0.5, 0.6) is 0 Å². The fourth-order valence-corrected chi connectivity index (χ4v) is 1.23. The summed E-state index contributed by atoms with van der Waals surface area (Å²) in [5.41, 5.74) is 2.05. The summed E-state index contributed by atoms with van der Waals surface area (Å²) in [6, 6.07) is 3.95. The molecule has 1 aromatic rings. The Morgan fingerprint density at radius 3 is 2.79 bits per heavy atom. The van der Waals surface area contributed by atoms with Crippen molar-refractivity contribution >= 4 is 5.78 Å². The molecule has 0 saturated carbocycles. The number of rotatable bonds is 5. The van der Waals surface area contributed by atoms with Gasteiger partial charge in [0.25, 0.3) is 0 Å². The van der Waals surface area contributed by atoms with Crippen molar-refractivity contribution in [1.29, 1.82) is 0 Å². The van der Waals surface area contributed by atoms with E-state index in [1.807, 2.05) is 18.3 Å². The number of carbonyl (C=O) groups is 1. The third-order valence-electron chi connectivity index (χ3n) is 2.05. The Morgan fingerprint density at radius 2 is 2.29 bits per heavy atom. The Labute approximate surface area is 84.6 Å². The molecule has 0 radical (unpaired) electrons. The van der Waals surface area contributed by atoms with Gasteiger partial charge in [0.2, 0.25) is 0 Å². The zero-order chi connectivity index (χ0) is 10.4. The molecule has 1 aromatic heterocycles. The SMILES string of the molecule is CCc1ccc(CC(=O)CNC)nc1. The van der Waals surface area contributed by atoms with Crippen molar-refractivity contribution in [1.82, 2.24) is 10.3 Å². The summed E-state index contributed by atoms with van der Waals surface area (Å²) in [7, 11) is 1.77. The molecule has 0 saturated heterocycles. The molecule has 1 N–H and O–H groups in total. The molecule has 0 fully saturated rings. The molecule has 14 heavy (non-hydrogen) atoms. The van der Waals surface area contributed by atoms with Crippen molar-refractivity contribution in [2.45, 2.75) is 19.8 Å². The number of likely N-dealkylation sites (N-methyl/N-ethyl adjacent to an activating group) is 1. The standard InChI is InChI=1S/C11H16N2O/c1-3-9-4-5-10(13-7-9)6-11(14)8-12-2/h4-5,7,12H,3,6,8H2,1-2H3. The van der Waals surface area contributed by atoms with Gasteiger partial charge in [-0.3, -0.25) is 9.78 Å². The summed E-state index contributed by atoms with van der Waals surface area (Å²) >= 11 is 0. The summed E-state index contributed by atoms with van der Waals surface area (Å²) in [5, 5.41) is 2.83. The number of aromatic nitrogens is 1. The summed E-state index contributed by atoms with van der Waals surface area (Å²) in [5.74, 6) is 0.171. The van der Waals surface area contributed by atoms with E-state index in [1.165, 1.54) is 5.56 Å². The number of ketones is 1. The van der Waals surface area contributed by atoms with Crippen LogP contribution in [-0.4, -0.2) is 24.4 Å². The number of hydrogen-bond acceptors (Lipinski definition) is 3. The normalized spacial score (nSPS) is 10.1. The van der Waals surface area contributed by atoms with E-state index in [-0.39, 0.29) is 5.78 Å². The summed E-state index contributed by atoms with van der Waals surface area (Å²) < 4.78 is 0. The second kappa shape index (κ2) is 5.50. The maximum Gasteiger partial charge on any atom is 0.152 e. The second-order valence-corrected chi connectivity index (χ2v) is 3.26. The highest BCUT2D eigenvalue weighted by Crippen LogP contribution is 2.01. The van der Waals surface area contributed by atoms with Crippen LogP contribution in [0.4, 0.5) is 0 Å². The molecule has 0 amide bonds. The molecule has 1 rings (SSSR count). The molecule has 0 aromatic carbocycles. The summed E-state index contributed by atoms with van der Waals surface area (Å²) in [6.45, 7) is 2.50. The van der Waals surface area contributed by atoms with Gasteiger partial charge < -0.3 is 5.32 Å². The number of nitrogens with one attached hydrogen (secondary N) is 1. The number of nitrogens with zero attached hydrogens (tertiary/aromatic N) is 1. The van der Waals surface area contributed by atoms with Crippen LogP contribution in [0, 0.1) is 0 Å². The van der Waals surface area contributed by atoms with Gasteiger partial charge in [0.15, 0.2) is 5.78 Å². The van der Waals surface area contributed by atoms with Crippen LogP contribution < -0.4 is 5.32 Å². The van der Waals surface area contributed by atoms with Gasteiger partial charge in [-0.05, 0) is 25.1 Å². The Balaban J connectivity index is 2.55. The van der Waals surface area contributed by atoms with Crippen LogP contribution >= 0.6 is 0 Å². The van der Waals surface area contributed by atoms with Gasteiger partial charge in [-0.1, -0.05) is 13.0 Å². The first-order valence-corrected chi connectivity index (χ1v) is 4.86. The lowest BCUT2D eigenvalue weighted by atomic mass is 10.1. The van der Waals surface area contributed by atoms with Crippen LogP contribution in [0.15, 0.2) is 18.3 Å². The van der Waals surface area contributed by atoms with E-state index in [1.54, 1.807) is 7.05 Å². The summed E-state index contributed by atoms with van der Waals surface area (Å²) in [4.78, 5) is 15.5. The Bertz CT molecular complexity index is 293. The minimum Gasteiger partial charge on any atom is -0.313 e. The Kier molecular flexibility index (Phi) is 4.26. The zero-order valence-electron chi connectivity index (χ0n) is 8.71. The first-order chi connectivity index (χ1) is 6.76. The van der Waals surface area contributed by atoms with Crippen molar-refractivity contribution in [3.8, 4) is 0 Å². The van der Waals surface area contributed by atoms with Crippen LogP contribution in [0.25, 0.3) is 0 Å². The van der Waals surface area contributed by atoms with Gasteiger partial charge in [-0.25, -0.2) is 0 Å². The first-order valence-electron chi connectivity index (χ1n) is 4.86. The quantitative estimate of drug-likeness (QED) is 0.756. The molecule has 0 spiro atoms. The van der Waals surface area contributed by atoms with Crippen LogP contribution in [0.1, 0.15) is 18.2 Å². The van der Waals surface area contributed by atoms with E-state index < -0.39 is 0 Å². The maximum atomic E-state index is 11.3. The maximum absolute atomic E-state index is 11.3. The van der Waals surface area contributed by atoms with Crippen LogP contribution in [0.3, 0.4) is 0 Å². The Hall–Kier alpha value is -1.22. The van der Waals surface area contributed by atoms with E-state index in [4.69, 9.17) is 0 Å². The average Bonchev–Trinajstić information content (AvgIpc) is 2.19. The molecule has 76 valence electrons. The molecular weight excluding hydrogens is 176 g/mol. The lowest BCUT2D eigenvalue weighted by Gasteiger charge is -2.01. The lowest BCUT2D eigenvalue weighted by Crippen LogP contribution is -2.20. The van der Waals surface area contributed by atoms with Crippen molar-refractivity contribution in [3.63, 3.8) is 0 Å². The van der Waals surface area contributed by atoms with Gasteiger partial charge in [0, 0.05) is 11.9 Å². The number of aryl methyl sites for hydroxylation is 1. The molecular formula is C11H16N2O. The van der Waals surface area contributed by atoms with Gasteiger partial charge in [-0.2, -0.15) is 0 Å². The number of carbonyl (C=O) groups excluding carboxylic acids is 1. The van der Waals surface area contributed by atoms with E-state index in [0.29, 0.717) is 13.0 Å². The number of hydrogen-bond donors (Lipinski definition) is 1. The van der Waals surface area contributed by atoms with Crippen LogP contribution in [-0.2, 0) is 17.6 Å². The molecule has 3 heteroatoms. The average molecular weight is 192 g/mol. The molecule has 0 bridgehead atoms. The van der Waals surface area contributed by atoms with E-state index >= 15 is 0 Å². The summed E-state index contributed by atoms with van der Waals surface area (Å²) in [6.07, 6.45) is 3.24. The minimum atomic E-state index is 0.171. The largest absolute Gasteiger partial charge is 0.313 e. The Morgan fingerprint density at radius 1 is 1.50 bits per heavy atom. The molecule has 0 aliphatic rings. The molecule has 0 atom stereocenters. The van der Waals surface area contributed by atoms with Crippen molar-refractivity contribution in [2.24, 2.45) is 0 Å². The van der Waals surface area contributed by atoms with E-state index in [2.05, 4.69) is 17.2 Å². The van der Waals surface area contributed by atoms with Gasteiger partial charge >= 0.3 is 0 Å².